The Morgan fingerprint density at radius 3 is 3.00 bits per heavy atom. The second-order valence-corrected chi connectivity index (χ2v) is 7.94. The summed E-state index contributed by atoms with van der Waals surface area (Å²) in [6, 6.07) is 6.52. The van der Waals surface area contributed by atoms with E-state index in [1.165, 1.54) is 27.7 Å². The Balaban J connectivity index is 1.58. The largest absolute Gasteiger partial charge is 0.376 e. The molecule has 0 aliphatic carbocycles. The Labute approximate surface area is 143 Å². The van der Waals surface area contributed by atoms with Crippen LogP contribution in [0.1, 0.15) is 43.5 Å². The number of hydrogen-bond acceptors (Lipinski definition) is 2. The molecule has 2 aliphatic heterocycles. The molecule has 1 aromatic heterocycles. The van der Waals surface area contributed by atoms with Crippen LogP contribution >= 0.6 is 0 Å². The van der Waals surface area contributed by atoms with Gasteiger partial charge >= 0.3 is 0 Å². The van der Waals surface area contributed by atoms with Crippen LogP contribution < -0.4 is 0 Å². The van der Waals surface area contributed by atoms with Gasteiger partial charge < -0.3 is 14.6 Å². The van der Waals surface area contributed by atoms with Crippen LogP contribution in [0, 0.1) is 12.8 Å². The van der Waals surface area contributed by atoms with E-state index in [4.69, 9.17) is 4.74 Å². The van der Waals surface area contributed by atoms with Crippen LogP contribution in [0.2, 0.25) is 0 Å². The zero-order valence-corrected chi connectivity index (χ0v) is 14.8. The lowest BCUT2D eigenvalue weighted by Gasteiger charge is -2.38. The van der Waals surface area contributed by atoms with Crippen LogP contribution in [-0.2, 0) is 22.5 Å². The van der Waals surface area contributed by atoms with Crippen molar-refractivity contribution in [3.63, 3.8) is 0 Å². The first kappa shape index (κ1) is 15.7. The number of nitrogens with one attached hydrogen (secondary N) is 1. The number of nitrogens with zero attached hydrogens (tertiary/aromatic N) is 1. The van der Waals surface area contributed by atoms with Crippen molar-refractivity contribution in [3.05, 3.63) is 35.0 Å². The number of aromatic nitrogens is 1. The fraction of sp³-hybridized carbons (Fsp3) is 0.550. The molecule has 4 heteroatoms. The molecule has 2 aromatic rings. The lowest BCUT2D eigenvalue weighted by atomic mass is 9.87. The van der Waals surface area contributed by atoms with Gasteiger partial charge in [-0.15, -0.1) is 0 Å². The van der Waals surface area contributed by atoms with Crippen LogP contribution in [-0.4, -0.2) is 34.5 Å². The number of benzene rings is 1. The average Bonchev–Trinajstić information content (AvgIpc) is 2.90. The summed E-state index contributed by atoms with van der Waals surface area (Å²) in [4.78, 5) is 18.6. The highest BCUT2D eigenvalue weighted by Crippen LogP contribution is 2.33. The summed E-state index contributed by atoms with van der Waals surface area (Å²) in [5.74, 6) is 0.404. The van der Waals surface area contributed by atoms with E-state index in [2.05, 4.69) is 48.9 Å². The molecule has 1 fully saturated rings. The van der Waals surface area contributed by atoms with E-state index in [1.54, 1.807) is 0 Å². The fourth-order valence-corrected chi connectivity index (χ4v) is 4.22. The molecule has 1 atom stereocenters. The Morgan fingerprint density at radius 2 is 2.21 bits per heavy atom. The van der Waals surface area contributed by atoms with Gasteiger partial charge in [-0.3, -0.25) is 4.79 Å². The van der Waals surface area contributed by atoms with E-state index in [9.17, 15) is 4.79 Å². The zero-order valence-electron chi connectivity index (χ0n) is 14.8. The average molecular weight is 326 g/mol. The van der Waals surface area contributed by atoms with Gasteiger partial charge in [0, 0.05) is 54.2 Å². The summed E-state index contributed by atoms with van der Waals surface area (Å²) in [6.45, 7) is 8.53. The van der Waals surface area contributed by atoms with Gasteiger partial charge in [0.15, 0.2) is 0 Å². The number of aromatic amines is 1. The maximum absolute atomic E-state index is 13.0. The quantitative estimate of drug-likeness (QED) is 0.871. The van der Waals surface area contributed by atoms with Gasteiger partial charge in [0.2, 0.25) is 5.91 Å². The van der Waals surface area contributed by atoms with Gasteiger partial charge in [-0.1, -0.05) is 11.6 Å². The number of amides is 1. The minimum absolute atomic E-state index is 0.0993. The van der Waals surface area contributed by atoms with Crippen LogP contribution in [0.25, 0.3) is 10.9 Å². The van der Waals surface area contributed by atoms with Gasteiger partial charge in [-0.25, -0.2) is 0 Å². The summed E-state index contributed by atoms with van der Waals surface area (Å²) >= 11 is 0. The Morgan fingerprint density at radius 1 is 1.38 bits per heavy atom. The third kappa shape index (κ3) is 2.73. The third-order valence-corrected chi connectivity index (χ3v) is 5.49. The van der Waals surface area contributed by atoms with E-state index in [0.29, 0.717) is 12.5 Å². The Bertz CT molecular complexity index is 790. The van der Waals surface area contributed by atoms with Gasteiger partial charge in [-0.2, -0.15) is 0 Å². The molecular formula is C20H26N2O2. The minimum atomic E-state index is -0.183. The van der Waals surface area contributed by atoms with E-state index < -0.39 is 0 Å². The lowest BCUT2D eigenvalue weighted by molar-refractivity contribution is -0.146. The lowest BCUT2D eigenvalue weighted by Crippen LogP contribution is -2.45. The topological polar surface area (TPSA) is 45.3 Å². The molecule has 0 bridgehead atoms. The van der Waals surface area contributed by atoms with E-state index >= 15 is 0 Å². The zero-order chi connectivity index (χ0) is 16.9. The first-order chi connectivity index (χ1) is 11.4. The number of H-pyrrole nitrogens is 1. The maximum Gasteiger partial charge on any atom is 0.226 e. The molecule has 0 saturated carbocycles. The molecule has 1 amide bonds. The number of carbonyl (C=O) groups is 1. The summed E-state index contributed by atoms with van der Waals surface area (Å²) in [5.41, 5.74) is 4.87. The molecule has 0 radical (unpaired) electrons. The second kappa shape index (κ2) is 5.62. The van der Waals surface area contributed by atoms with Gasteiger partial charge in [0.25, 0.3) is 0 Å². The molecule has 4 nitrogen and oxygen atoms in total. The summed E-state index contributed by atoms with van der Waals surface area (Å²) in [7, 11) is 0. The highest BCUT2D eigenvalue weighted by Gasteiger charge is 2.36. The molecule has 128 valence electrons. The predicted molar refractivity (Wildman–Crippen MR) is 94.9 cm³/mol. The molecule has 3 heterocycles. The summed E-state index contributed by atoms with van der Waals surface area (Å²) in [6.07, 6.45) is 2.59. The number of fused-ring (bicyclic) bond motifs is 3. The van der Waals surface area contributed by atoms with Crippen molar-refractivity contribution < 1.29 is 9.53 Å². The van der Waals surface area contributed by atoms with Gasteiger partial charge in [0.1, 0.15) is 0 Å². The number of ether oxygens (including phenoxy) is 1. The van der Waals surface area contributed by atoms with Crippen molar-refractivity contribution in [2.75, 3.05) is 13.2 Å². The number of hydrogen-bond donors (Lipinski definition) is 1. The van der Waals surface area contributed by atoms with Crippen molar-refractivity contribution in [1.29, 1.82) is 0 Å². The fourth-order valence-electron chi connectivity index (χ4n) is 4.22. The Hall–Kier alpha value is -1.81. The van der Waals surface area contributed by atoms with E-state index in [1.807, 2.05) is 0 Å². The molecule has 0 spiro atoms. The van der Waals surface area contributed by atoms with E-state index in [0.717, 1.165) is 32.4 Å². The SMILES string of the molecule is Cc1ccc2[nH]c3c(c2c1)CN(C(=O)C1CCOC(C)(C)C1)CC3. The summed E-state index contributed by atoms with van der Waals surface area (Å²) in [5, 5.41) is 1.27. The van der Waals surface area contributed by atoms with Crippen molar-refractivity contribution in [1.82, 2.24) is 9.88 Å². The Kier molecular flexibility index (Phi) is 3.68. The first-order valence-electron chi connectivity index (χ1n) is 8.96. The van der Waals surface area contributed by atoms with Crippen LogP contribution in [0.4, 0.5) is 0 Å². The van der Waals surface area contributed by atoms with Crippen molar-refractivity contribution in [2.24, 2.45) is 5.92 Å². The van der Waals surface area contributed by atoms with Gasteiger partial charge in [-0.05, 0) is 45.7 Å². The molecule has 1 saturated heterocycles. The van der Waals surface area contributed by atoms with Crippen molar-refractivity contribution in [3.8, 4) is 0 Å². The van der Waals surface area contributed by atoms with E-state index in [-0.39, 0.29) is 11.5 Å². The normalized spacial score (nSPS) is 23.3. The van der Waals surface area contributed by atoms with Crippen molar-refractivity contribution >= 4 is 16.8 Å². The van der Waals surface area contributed by atoms with Crippen LogP contribution in [0.5, 0.6) is 0 Å². The smallest absolute Gasteiger partial charge is 0.226 e. The van der Waals surface area contributed by atoms with Crippen molar-refractivity contribution in [2.45, 2.75) is 52.2 Å². The molecule has 24 heavy (non-hydrogen) atoms. The van der Waals surface area contributed by atoms with Crippen LogP contribution in [0.15, 0.2) is 18.2 Å². The molecule has 2 aliphatic rings. The predicted octanol–water partition coefficient (Wildman–Crippen LogP) is 3.57. The standard InChI is InChI=1S/C20H26N2O2/c1-13-4-5-17-15(10-13)16-12-22(8-6-18(16)21-17)19(23)14-7-9-24-20(2,3)11-14/h4-5,10,14,21H,6-9,11-12H2,1-3H3. The monoisotopic (exact) mass is 326 g/mol. The molecule has 1 N–H and O–H groups in total. The van der Waals surface area contributed by atoms with Gasteiger partial charge in [0.05, 0.1) is 5.60 Å². The molecule has 1 aromatic carbocycles. The number of rotatable bonds is 1. The second-order valence-electron chi connectivity index (χ2n) is 7.94. The summed E-state index contributed by atoms with van der Waals surface area (Å²) < 4.78 is 5.77. The molecule has 4 rings (SSSR count). The molecular weight excluding hydrogens is 300 g/mol. The minimum Gasteiger partial charge on any atom is -0.376 e. The highest BCUT2D eigenvalue weighted by molar-refractivity contribution is 5.87. The van der Waals surface area contributed by atoms with Crippen LogP contribution in [0.3, 0.4) is 0 Å². The first-order valence-corrected chi connectivity index (χ1v) is 8.96. The molecule has 1 unspecified atom stereocenters. The number of carbonyl (C=O) groups excluding carboxylic acids is 1. The highest BCUT2D eigenvalue weighted by atomic mass is 16.5. The maximum atomic E-state index is 13.0. The number of aryl methyl sites for hydroxylation is 1. The third-order valence-electron chi connectivity index (χ3n) is 5.49.